The molecule has 0 heterocycles. The van der Waals surface area contributed by atoms with Gasteiger partial charge in [0.05, 0.1) is 34.4 Å². The fourth-order valence-corrected chi connectivity index (χ4v) is 9.37. The maximum Gasteiger partial charge on any atom is 0.362 e. The van der Waals surface area contributed by atoms with Crippen LogP contribution in [0, 0.1) is 47.3 Å². The van der Waals surface area contributed by atoms with Crippen molar-refractivity contribution >= 4 is 7.60 Å². The minimum atomic E-state index is -4.13. The Bertz CT molecular complexity index is 941. The standard InChI is InChI=1S/C48H100NO6P/c1-39(2)20-14-22-41(5)24-16-26-43(7)28-18-30-45(9)32-34-53-37-47(50)38-55-56(51,52)48(36-49(11,12)13)54-35-33-46(10)31-19-29-44(8)27-17-25-42(6)23-15-21-40(3)4/h39-48,50H,14-38H2,1-13H3/p+1. The first-order valence-corrected chi connectivity index (χ1v) is 25.5. The smallest absolute Gasteiger partial charge is 0.362 e. The molecule has 0 aliphatic heterocycles. The van der Waals surface area contributed by atoms with Crippen molar-refractivity contribution in [2.75, 3.05) is 54.1 Å². The molecular weight excluding hydrogens is 718 g/mol. The molecule has 0 aliphatic carbocycles. The summed E-state index contributed by atoms with van der Waals surface area (Å²) in [5.41, 5.74) is 0. The summed E-state index contributed by atoms with van der Waals surface area (Å²) in [6, 6.07) is 0. The Kier molecular flexibility index (Phi) is 32.7. The van der Waals surface area contributed by atoms with E-state index < -0.39 is 19.5 Å². The van der Waals surface area contributed by atoms with Crippen molar-refractivity contribution in [2.45, 2.75) is 210 Å². The molecule has 0 radical (unpaired) electrons. The number of nitrogens with zero attached hydrogens (tertiary/aromatic N) is 1. The molecule has 0 bridgehead atoms. The van der Waals surface area contributed by atoms with Gasteiger partial charge in [0.1, 0.15) is 12.6 Å². The number of aliphatic hydroxyl groups is 1. The van der Waals surface area contributed by atoms with Gasteiger partial charge in [0.25, 0.3) is 0 Å². The molecule has 2 N–H and O–H groups in total. The second-order valence-electron chi connectivity index (χ2n) is 21.0. The van der Waals surface area contributed by atoms with Crippen LogP contribution in [0.5, 0.6) is 0 Å². The van der Waals surface area contributed by atoms with E-state index in [1.54, 1.807) is 0 Å². The van der Waals surface area contributed by atoms with E-state index in [0.29, 0.717) is 36.1 Å². The molecule has 0 saturated carbocycles. The molecule has 9 unspecified atom stereocenters. The highest BCUT2D eigenvalue weighted by atomic mass is 31.2. The van der Waals surface area contributed by atoms with Crippen LogP contribution in [0.25, 0.3) is 0 Å². The van der Waals surface area contributed by atoms with Crippen molar-refractivity contribution < 1.29 is 33.0 Å². The SMILES string of the molecule is CC(C)CCCC(C)CCCC(C)CCCC(C)CCOCC(O)COP(=O)(O)C(C[N+](C)(C)C)OCCC(C)CCCC(C)CCCC(C)CCCC(C)C. The molecular formula is C48H101NO6P+. The Labute approximate surface area is 350 Å². The molecule has 0 aromatic heterocycles. The normalized spacial score (nSPS) is 18.1. The van der Waals surface area contributed by atoms with Gasteiger partial charge in [0.15, 0.2) is 0 Å². The van der Waals surface area contributed by atoms with Gasteiger partial charge in [-0.1, -0.05) is 185 Å². The summed E-state index contributed by atoms with van der Waals surface area (Å²) in [5, 5.41) is 10.5. The Hall–Kier alpha value is -0.0100. The van der Waals surface area contributed by atoms with Crippen molar-refractivity contribution in [3.63, 3.8) is 0 Å². The lowest BCUT2D eigenvalue weighted by molar-refractivity contribution is -0.872. The van der Waals surface area contributed by atoms with E-state index in [-0.39, 0.29) is 13.2 Å². The van der Waals surface area contributed by atoms with Gasteiger partial charge in [0, 0.05) is 13.2 Å². The zero-order valence-electron chi connectivity index (χ0n) is 39.9. The van der Waals surface area contributed by atoms with Crippen LogP contribution in [0.3, 0.4) is 0 Å². The van der Waals surface area contributed by atoms with Crippen LogP contribution in [0.2, 0.25) is 0 Å². The Balaban J connectivity index is 4.32. The lowest BCUT2D eigenvalue weighted by Gasteiger charge is -2.31. The first-order valence-electron chi connectivity index (χ1n) is 23.8. The molecule has 8 heteroatoms. The van der Waals surface area contributed by atoms with Crippen molar-refractivity contribution in [3.8, 4) is 0 Å². The zero-order valence-corrected chi connectivity index (χ0v) is 40.8. The lowest BCUT2D eigenvalue weighted by atomic mass is 9.91. The van der Waals surface area contributed by atoms with E-state index in [2.05, 4.69) is 69.2 Å². The maximum atomic E-state index is 13.4. The first kappa shape index (κ1) is 56.0. The summed E-state index contributed by atoms with van der Waals surface area (Å²) in [6.45, 7) is 24.6. The maximum absolute atomic E-state index is 13.4. The van der Waals surface area contributed by atoms with Gasteiger partial charge in [-0.15, -0.1) is 0 Å². The molecule has 9 atom stereocenters. The number of hydrogen-bond donors (Lipinski definition) is 2. The predicted octanol–water partition coefficient (Wildman–Crippen LogP) is 13.5. The minimum Gasteiger partial charge on any atom is -0.388 e. The minimum absolute atomic E-state index is 0.0915. The van der Waals surface area contributed by atoms with E-state index in [4.69, 9.17) is 14.0 Å². The molecule has 0 rings (SSSR count). The van der Waals surface area contributed by atoms with E-state index in [1.165, 1.54) is 109 Å². The van der Waals surface area contributed by atoms with Gasteiger partial charge in [-0.05, 0) is 60.2 Å². The zero-order chi connectivity index (χ0) is 42.6. The summed E-state index contributed by atoms with van der Waals surface area (Å²) >= 11 is 0. The number of quaternary nitrogens is 1. The molecule has 7 nitrogen and oxygen atoms in total. The highest BCUT2D eigenvalue weighted by molar-refractivity contribution is 7.53. The summed E-state index contributed by atoms with van der Waals surface area (Å²) in [6.07, 6.45) is 24.5. The lowest BCUT2D eigenvalue weighted by Crippen LogP contribution is -2.43. The molecule has 0 aromatic rings. The van der Waals surface area contributed by atoms with Crippen LogP contribution in [0.15, 0.2) is 0 Å². The predicted molar refractivity (Wildman–Crippen MR) is 242 cm³/mol. The fourth-order valence-electron chi connectivity index (χ4n) is 7.83. The van der Waals surface area contributed by atoms with Crippen LogP contribution in [0.4, 0.5) is 0 Å². The molecule has 338 valence electrons. The number of aliphatic hydroxyl groups excluding tert-OH is 1. The van der Waals surface area contributed by atoms with Crippen LogP contribution in [0.1, 0.15) is 198 Å². The number of hydrogen-bond acceptors (Lipinski definition) is 5. The van der Waals surface area contributed by atoms with E-state index in [0.717, 1.165) is 54.8 Å². The van der Waals surface area contributed by atoms with Crippen LogP contribution in [-0.4, -0.2) is 80.5 Å². The largest absolute Gasteiger partial charge is 0.388 e. The molecule has 0 aliphatic rings. The summed E-state index contributed by atoms with van der Waals surface area (Å²) in [7, 11) is 1.82. The van der Waals surface area contributed by atoms with E-state index in [1.807, 2.05) is 21.1 Å². The van der Waals surface area contributed by atoms with Gasteiger partial charge >= 0.3 is 7.60 Å². The van der Waals surface area contributed by atoms with Crippen molar-refractivity contribution in [1.29, 1.82) is 0 Å². The van der Waals surface area contributed by atoms with E-state index in [9.17, 15) is 14.6 Å². The molecule has 0 amide bonds. The third-order valence-electron chi connectivity index (χ3n) is 12.0. The molecule has 0 saturated heterocycles. The van der Waals surface area contributed by atoms with Gasteiger partial charge in [-0.25, -0.2) is 0 Å². The monoisotopic (exact) mass is 819 g/mol. The second-order valence-corrected chi connectivity index (χ2v) is 22.9. The average Bonchev–Trinajstić information content (AvgIpc) is 3.08. The van der Waals surface area contributed by atoms with Crippen LogP contribution < -0.4 is 0 Å². The van der Waals surface area contributed by atoms with Crippen molar-refractivity contribution in [1.82, 2.24) is 0 Å². The number of likely N-dealkylation sites (N-methyl/N-ethyl adjacent to an activating group) is 1. The third kappa shape index (κ3) is 34.8. The molecule has 0 spiro atoms. The van der Waals surface area contributed by atoms with E-state index >= 15 is 0 Å². The topological polar surface area (TPSA) is 85.2 Å². The number of rotatable bonds is 39. The van der Waals surface area contributed by atoms with Crippen LogP contribution in [-0.2, 0) is 18.6 Å². The second kappa shape index (κ2) is 32.7. The highest BCUT2D eigenvalue weighted by Crippen LogP contribution is 2.49. The third-order valence-corrected chi connectivity index (χ3v) is 13.6. The Morgan fingerprint density at radius 2 is 0.804 bits per heavy atom. The first-order chi connectivity index (χ1) is 26.2. The fraction of sp³-hybridized carbons (Fsp3) is 1.00. The average molecular weight is 819 g/mol. The Morgan fingerprint density at radius 3 is 1.14 bits per heavy atom. The molecule has 0 aromatic carbocycles. The molecule has 0 fully saturated rings. The highest BCUT2D eigenvalue weighted by Gasteiger charge is 2.38. The van der Waals surface area contributed by atoms with Crippen LogP contribution >= 0.6 is 7.60 Å². The van der Waals surface area contributed by atoms with Crippen molar-refractivity contribution in [3.05, 3.63) is 0 Å². The summed E-state index contributed by atoms with van der Waals surface area (Å²) in [5.74, 6) is 5.01. The Morgan fingerprint density at radius 1 is 0.482 bits per heavy atom. The molecule has 56 heavy (non-hydrogen) atoms. The van der Waals surface area contributed by atoms with Gasteiger partial charge < -0.3 is 28.5 Å². The van der Waals surface area contributed by atoms with Crippen molar-refractivity contribution in [2.24, 2.45) is 47.3 Å². The number of ether oxygens (including phenoxy) is 2. The summed E-state index contributed by atoms with van der Waals surface area (Å²) in [4.78, 5) is 11.0. The van der Waals surface area contributed by atoms with Gasteiger partial charge in [-0.2, -0.15) is 0 Å². The quantitative estimate of drug-likeness (QED) is 0.0365. The van der Waals surface area contributed by atoms with Gasteiger partial charge in [0.2, 0.25) is 5.85 Å². The van der Waals surface area contributed by atoms with Gasteiger partial charge in [-0.3, -0.25) is 4.57 Å². The summed E-state index contributed by atoms with van der Waals surface area (Å²) < 4.78 is 31.2.